The molecule has 1 saturated carbocycles. The maximum Gasteiger partial charge on any atom is 0.309 e. The third-order valence-electron chi connectivity index (χ3n) is 3.63. The van der Waals surface area contributed by atoms with Gasteiger partial charge in [-0.05, 0) is 31.2 Å². The summed E-state index contributed by atoms with van der Waals surface area (Å²) in [6, 6.07) is 9.55. The lowest BCUT2D eigenvalue weighted by atomic mass is 9.82. The minimum Gasteiger partial charge on any atom is -0.481 e. The standard InChI is InChI=1S/C15H18O4/c16-14(17)12-6-8-13(9-7-12)15(18)19-10-11-4-2-1-3-5-11/h1-5,12-13H,6-10H2,(H,16,17)/t12-,13-. The van der Waals surface area contributed by atoms with Crippen molar-refractivity contribution in [1.29, 1.82) is 0 Å². The molecule has 0 saturated heterocycles. The fourth-order valence-corrected chi connectivity index (χ4v) is 2.42. The molecule has 1 fully saturated rings. The van der Waals surface area contributed by atoms with Gasteiger partial charge in [-0.15, -0.1) is 0 Å². The van der Waals surface area contributed by atoms with Gasteiger partial charge in [0.15, 0.2) is 0 Å². The zero-order valence-electron chi connectivity index (χ0n) is 10.7. The maximum atomic E-state index is 11.9. The summed E-state index contributed by atoms with van der Waals surface area (Å²) < 4.78 is 5.28. The topological polar surface area (TPSA) is 63.6 Å². The fraction of sp³-hybridized carbons (Fsp3) is 0.467. The first-order valence-electron chi connectivity index (χ1n) is 6.60. The third-order valence-corrected chi connectivity index (χ3v) is 3.63. The van der Waals surface area contributed by atoms with Crippen LogP contribution in [0.5, 0.6) is 0 Å². The van der Waals surface area contributed by atoms with Crippen LogP contribution in [0.1, 0.15) is 31.2 Å². The summed E-state index contributed by atoms with van der Waals surface area (Å²) >= 11 is 0. The van der Waals surface area contributed by atoms with Crippen molar-refractivity contribution in [3.05, 3.63) is 35.9 Å². The summed E-state index contributed by atoms with van der Waals surface area (Å²) in [4.78, 5) is 22.7. The second kappa shape index (κ2) is 6.36. The molecule has 0 atom stereocenters. The summed E-state index contributed by atoms with van der Waals surface area (Å²) in [5, 5.41) is 8.90. The maximum absolute atomic E-state index is 11.9. The van der Waals surface area contributed by atoms with E-state index in [2.05, 4.69) is 0 Å². The number of rotatable bonds is 4. The molecule has 0 amide bonds. The summed E-state index contributed by atoms with van der Waals surface area (Å²) in [5.41, 5.74) is 0.968. The Hall–Kier alpha value is -1.84. The summed E-state index contributed by atoms with van der Waals surface area (Å²) in [5.74, 6) is -1.39. The van der Waals surface area contributed by atoms with Crippen LogP contribution in [0.25, 0.3) is 0 Å². The number of carbonyl (C=O) groups excluding carboxylic acids is 1. The molecular weight excluding hydrogens is 244 g/mol. The average Bonchev–Trinajstić information content (AvgIpc) is 2.46. The smallest absolute Gasteiger partial charge is 0.309 e. The monoisotopic (exact) mass is 262 g/mol. The molecule has 0 aliphatic heterocycles. The zero-order valence-corrected chi connectivity index (χ0v) is 10.7. The predicted molar refractivity (Wildman–Crippen MR) is 69.3 cm³/mol. The number of aliphatic carboxylic acids is 1. The molecule has 1 aliphatic carbocycles. The molecule has 1 aliphatic rings. The summed E-state index contributed by atoms with van der Waals surface area (Å²) in [6.45, 7) is 0.290. The van der Waals surface area contributed by atoms with Gasteiger partial charge in [-0.3, -0.25) is 9.59 Å². The second-order valence-electron chi connectivity index (χ2n) is 4.98. The van der Waals surface area contributed by atoms with Crippen LogP contribution in [-0.2, 0) is 20.9 Å². The molecule has 2 rings (SSSR count). The van der Waals surface area contributed by atoms with E-state index in [4.69, 9.17) is 9.84 Å². The Bertz CT molecular complexity index is 433. The van der Waals surface area contributed by atoms with E-state index in [1.807, 2.05) is 30.3 Å². The van der Waals surface area contributed by atoms with Gasteiger partial charge in [0.2, 0.25) is 0 Å². The Morgan fingerprint density at radius 1 is 1.05 bits per heavy atom. The van der Waals surface area contributed by atoms with Crippen LogP contribution < -0.4 is 0 Å². The van der Waals surface area contributed by atoms with Crippen molar-refractivity contribution in [2.75, 3.05) is 0 Å². The van der Waals surface area contributed by atoms with Crippen molar-refractivity contribution < 1.29 is 19.4 Å². The van der Waals surface area contributed by atoms with Gasteiger partial charge in [0, 0.05) is 0 Å². The SMILES string of the molecule is O=C(O)[C@H]1CC[C@H](C(=O)OCc2ccccc2)CC1. The number of hydrogen-bond acceptors (Lipinski definition) is 3. The third kappa shape index (κ3) is 3.81. The van der Waals surface area contributed by atoms with E-state index in [1.165, 1.54) is 0 Å². The fourth-order valence-electron chi connectivity index (χ4n) is 2.42. The van der Waals surface area contributed by atoms with E-state index < -0.39 is 5.97 Å². The Kier molecular flexibility index (Phi) is 4.55. The molecule has 0 aromatic heterocycles. The Morgan fingerprint density at radius 3 is 2.21 bits per heavy atom. The van der Waals surface area contributed by atoms with Gasteiger partial charge in [-0.25, -0.2) is 0 Å². The number of hydrogen-bond donors (Lipinski definition) is 1. The van der Waals surface area contributed by atoms with E-state index >= 15 is 0 Å². The van der Waals surface area contributed by atoms with Crippen LogP contribution in [0, 0.1) is 11.8 Å². The molecule has 0 spiro atoms. The Morgan fingerprint density at radius 2 is 1.63 bits per heavy atom. The molecular formula is C15H18O4. The molecule has 4 heteroatoms. The van der Waals surface area contributed by atoms with Gasteiger partial charge < -0.3 is 9.84 Å². The molecule has 1 N–H and O–H groups in total. The van der Waals surface area contributed by atoms with Crippen molar-refractivity contribution in [2.24, 2.45) is 11.8 Å². The zero-order chi connectivity index (χ0) is 13.7. The number of benzene rings is 1. The lowest BCUT2D eigenvalue weighted by Gasteiger charge is -2.24. The summed E-state index contributed by atoms with van der Waals surface area (Å²) in [6.07, 6.45) is 2.37. The summed E-state index contributed by atoms with van der Waals surface area (Å²) in [7, 11) is 0. The van der Waals surface area contributed by atoms with E-state index in [9.17, 15) is 9.59 Å². The van der Waals surface area contributed by atoms with Crippen molar-refractivity contribution >= 4 is 11.9 Å². The first-order chi connectivity index (χ1) is 9.16. The second-order valence-corrected chi connectivity index (χ2v) is 4.98. The van der Waals surface area contributed by atoms with Gasteiger partial charge in [0.1, 0.15) is 6.61 Å². The molecule has 0 unspecified atom stereocenters. The van der Waals surface area contributed by atoms with Crippen LogP contribution in [0.3, 0.4) is 0 Å². The largest absolute Gasteiger partial charge is 0.481 e. The highest BCUT2D eigenvalue weighted by atomic mass is 16.5. The van der Waals surface area contributed by atoms with Gasteiger partial charge >= 0.3 is 11.9 Å². The van der Waals surface area contributed by atoms with Gasteiger partial charge in [-0.2, -0.15) is 0 Å². The highest BCUT2D eigenvalue weighted by Gasteiger charge is 2.30. The van der Waals surface area contributed by atoms with Crippen molar-refractivity contribution in [1.82, 2.24) is 0 Å². The van der Waals surface area contributed by atoms with Crippen molar-refractivity contribution in [3.8, 4) is 0 Å². The molecule has 0 heterocycles. The van der Waals surface area contributed by atoms with Crippen molar-refractivity contribution in [2.45, 2.75) is 32.3 Å². The highest BCUT2D eigenvalue weighted by Crippen LogP contribution is 2.29. The van der Waals surface area contributed by atoms with Crippen molar-refractivity contribution in [3.63, 3.8) is 0 Å². The van der Waals surface area contributed by atoms with E-state index in [1.54, 1.807) is 0 Å². The first kappa shape index (κ1) is 13.6. The normalized spacial score (nSPS) is 22.7. The molecule has 0 bridgehead atoms. The number of ether oxygens (including phenoxy) is 1. The van der Waals surface area contributed by atoms with E-state index in [-0.39, 0.29) is 17.8 Å². The average molecular weight is 262 g/mol. The number of esters is 1. The first-order valence-corrected chi connectivity index (χ1v) is 6.60. The molecule has 4 nitrogen and oxygen atoms in total. The predicted octanol–water partition coefficient (Wildman–Crippen LogP) is 2.62. The van der Waals surface area contributed by atoms with Crippen LogP contribution in [0.15, 0.2) is 30.3 Å². The lowest BCUT2D eigenvalue weighted by Crippen LogP contribution is -2.27. The molecule has 1 aromatic carbocycles. The molecule has 19 heavy (non-hydrogen) atoms. The van der Waals surface area contributed by atoms with Crippen LogP contribution >= 0.6 is 0 Å². The molecule has 1 aromatic rings. The van der Waals surface area contributed by atoms with Gasteiger partial charge in [0.25, 0.3) is 0 Å². The molecule has 102 valence electrons. The van der Waals surface area contributed by atoms with E-state index in [0.29, 0.717) is 32.3 Å². The van der Waals surface area contributed by atoms with Crippen LogP contribution in [0.2, 0.25) is 0 Å². The number of carbonyl (C=O) groups is 2. The van der Waals surface area contributed by atoms with Crippen LogP contribution in [0.4, 0.5) is 0 Å². The molecule has 0 radical (unpaired) electrons. The Balaban J connectivity index is 1.77. The minimum absolute atomic E-state index is 0.140. The van der Waals surface area contributed by atoms with E-state index in [0.717, 1.165) is 5.56 Å². The highest BCUT2D eigenvalue weighted by molar-refractivity contribution is 5.74. The quantitative estimate of drug-likeness (QED) is 0.847. The lowest BCUT2D eigenvalue weighted by molar-refractivity contribution is -0.153. The number of carboxylic acids is 1. The van der Waals surface area contributed by atoms with Crippen LogP contribution in [-0.4, -0.2) is 17.0 Å². The van der Waals surface area contributed by atoms with Gasteiger partial charge in [-0.1, -0.05) is 30.3 Å². The van der Waals surface area contributed by atoms with Gasteiger partial charge in [0.05, 0.1) is 11.8 Å². The minimum atomic E-state index is -0.754. The Labute approximate surface area is 112 Å². The number of carboxylic acid groups (broad SMARTS) is 1.